The summed E-state index contributed by atoms with van der Waals surface area (Å²) in [6.07, 6.45) is -1.15. The standard InChI is InChI=1S/C14H20F3N3O/c1-10-5-3-4-7-19(10)13(21)6-8-20-11(2)9-12(18-20)14(15,16)17/h9-10H,3-8H2,1-2H3. The smallest absolute Gasteiger partial charge is 0.340 e. The fraction of sp³-hybridized carbons (Fsp3) is 0.714. The Labute approximate surface area is 121 Å². The fourth-order valence-corrected chi connectivity index (χ4v) is 2.69. The predicted octanol–water partition coefficient (Wildman–Crippen LogP) is 3.00. The highest BCUT2D eigenvalue weighted by Gasteiger charge is 2.34. The van der Waals surface area contributed by atoms with E-state index in [9.17, 15) is 18.0 Å². The zero-order valence-corrected chi connectivity index (χ0v) is 12.3. The molecular formula is C14H20F3N3O. The largest absolute Gasteiger partial charge is 0.435 e. The third-order valence-corrected chi connectivity index (χ3v) is 3.93. The van der Waals surface area contributed by atoms with Crippen LogP contribution in [0.15, 0.2) is 6.07 Å². The van der Waals surface area contributed by atoms with Crippen LogP contribution in [0.2, 0.25) is 0 Å². The molecule has 2 heterocycles. The number of nitrogens with zero attached hydrogens (tertiary/aromatic N) is 3. The van der Waals surface area contributed by atoms with Crippen molar-refractivity contribution in [2.24, 2.45) is 0 Å². The fourth-order valence-electron chi connectivity index (χ4n) is 2.69. The molecule has 1 fully saturated rings. The quantitative estimate of drug-likeness (QED) is 0.861. The van der Waals surface area contributed by atoms with Crippen molar-refractivity contribution < 1.29 is 18.0 Å². The first kappa shape index (κ1) is 15.9. The Balaban J connectivity index is 1.96. The van der Waals surface area contributed by atoms with Gasteiger partial charge in [0.25, 0.3) is 0 Å². The Kier molecular flexibility index (Phi) is 4.58. The molecule has 4 nitrogen and oxygen atoms in total. The van der Waals surface area contributed by atoms with Crippen molar-refractivity contribution in [2.75, 3.05) is 6.54 Å². The van der Waals surface area contributed by atoms with Gasteiger partial charge in [-0.2, -0.15) is 18.3 Å². The highest BCUT2D eigenvalue weighted by molar-refractivity contribution is 5.76. The third kappa shape index (κ3) is 3.77. The SMILES string of the molecule is Cc1cc(C(F)(F)F)nn1CCC(=O)N1CCCCC1C. The Morgan fingerprint density at radius 3 is 2.71 bits per heavy atom. The Hall–Kier alpha value is -1.53. The maximum atomic E-state index is 12.6. The van der Waals surface area contributed by atoms with Crippen LogP contribution in [0.5, 0.6) is 0 Å². The van der Waals surface area contributed by atoms with Crippen LogP contribution < -0.4 is 0 Å². The molecule has 0 N–H and O–H groups in total. The zero-order valence-electron chi connectivity index (χ0n) is 12.3. The number of likely N-dealkylation sites (tertiary alicyclic amines) is 1. The van der Waals surface area contributed by atoms with Gasteiger partial charge in [0.05, 0.1) is 0 Å². The summed E-state index contributed by atoms with van der Waals surface area (Å²) < 4.78 is 39.0. The summed E-state index contributed by atoms with van der Waals surface area (Å²) in [7, 11) is 0. The lowest BCUT2D eigenvalue weighted by Gasteiger charge is -2.33. The van der Waals surface area contributed by atoms with Gasteiger partial charge in [-0.15, -0.1) is 0 Å². The average Bonchev–Trinajstić information content (AvgIpc) is 2.78. The second kappa shape index (κ2) is 6.07. The molecule has 0 radical (unpaired) electrons. The van der Waals surface area contributed by atoms with Crippen molar-refractivity contribution in [1.29, 1.82) is 0 Å². The zero-order chi connectivity index (χ0) is 15.6. The molecule has 0 spiro atoms. The summed E-state index contributed by atoms with van der Waals surface area (Å²) in [5.41, 5.74) is -0.486. The number of hydrogen-bond acceptors (Lipinski definition) is 2. The van der Waals surface area contributed by atoms with Crippen LogP contribution in [0.25, 0.3) is 0 Å². The van der Waals surface area contributed by atoms with E-state index in [2.05, 4.69) is 5.10 Å². The van der Waals surface area contributed by atoms with Gasteiger partial charge in [-0.25, -0.2) is 0 Å². The van der Waals surface area contributed by atoms with E-state index >= 15 is 0 Å². The number of piperidine rings is 1. The summed E-state index contributed by atoms with van der Waals surface area (Å²) in [5, 5.41) is 3.54. The number of carbonyl (C=O) groups is 1. The number of carbonyl (C=O) groups excluding carboxylic acids is 1. The second-order valence-electron chi connectivity index (χ2n) is 5.57. The number of amides is 1. The molecule has 0 aromatic carbocycles. The van der Waals surface area contributed by atoms with Crippen LogP contribution in [-0.4, -0.2) is 33.2 Å². The molecule has 0 aliphatic carbocycles. The van der Waals surface area contributed by atoms with E-state index in [0.717, 1.165) is 31.9 Å². The molecule has 118 valence electrons. The van der Waals surface area contributed by atoms with Crippen LogP contribution in [0.3, 0.4) is 0 Å². The van der Waals surface area contributed by atoms with Crippen LogP contribution in [0.4, 0.5) is 13.2 Å². The Morgan fingerprint density at radius 2 is 2.14 bits per heavy atom. The van der Waals surface area contributed by atoms with E-state index < -0.39 is 11.9 Å². The lowest BCUT2D eigenvalue weighted by atomic mass is 10.0. The number of halogens is 3. The molecule has 7 heteroatoms. The highest BCUT2D eigenvalue weighted by Crippen LogP contribution is 2.28. The molecule has 1 aromatic heterocycles. The number of rotatable bonds is 3. The van der Waals surface area contributed by atoms with E-state index in [1.165, 1.54) is 4.68 Å². The van der Waals surface area contributed by atoms with Gasteiger partial charge in [-0.05, 0) is 39.2 Å². The monoisotopic (exact) mass is 303 g/mol. The summed E-state index contributed by atoms with van der Waals surface area (Å²) in [6.45, 7) is 4.50. The molecule has 21 heavy (non-hydrogen) atoms. The summed E-state index contributed by atoms with van der Waals surface area (Å²) >= 11 is 0. The summed E-state index contributed by atoms with van der Waals surface area (Å²) in [4.78, 5) is 14.0. The molecule has 2 rings (SSSR count). The minimum absolute atomic E-state index is 0.00865. The van der Waals surface area contributed by atoms with Gasteiger partial charge in [0, 0.05) is 31.2 Å². The van der Waals surface area contributed by atoms with Crippen molar-refractivity contribution in [3.63, 3.8) is 0 Å². The van der Waals surface area contributed by atoms with Crippen molar-refractivity contribution in [3.05, 3.63) is 17.5 Å². The van der Waals surface area contributed by atoms with Gasteiger partial charge in [0.2, 0.25) is 5.91 Å². The maximum Gasteiger partial charge on any atom is 0.435 e. The van der Waals surface area contributed by atoms with E-state index in [-0.39, 0.29) is 24.9 Å². The van der Waals surface area contributed by atoms with Gasteiger partial charge >= 0.3 is 6.18 Å². The van der Waals surface area contributed by atoms with Gasteiger partial charge in [0.1, 0.15) is 0 Å². The first-order valence-electron chi connectivity index (χ1n) is 7.20. The van der Waals surface area contributed by atoms with E-state index in [4.69, 9.17) is 0 Å². The highest BCUT2D eigenvalue weighted by atomic mass is 19.4. The van der Waals surface area contributed by atoms with Crippen LogP contribution in [0, 0.1) is 6.92 Å². The van der Waals surface area contributed by atoms with Crippen molar-refractivity contribution >= 4 is 5.91 Å². The normalized spacial score (nSPS) is 19.9. The molecule has 1 aromatic rings. The molecule has 1 unspecified atom stereocenters. The maximum absolute atomic E-state index is 12.6. The number of alkyl halides is 3. The third-order valence-electron chi connectivity index (χ3n) is 3.93. The Bertz CT molecular complexity index is 510. The van der Waals surface area contributed by atoms with Crippen LogP contribution >= 0.6 is 0 Å². The first-order valence-corrected chi connectivity index (χ1v) is 7.20. The first-order chi connectivity index (χ1) is 9.79. The van der Waals surface area contributed by atoms with Gasteiger partial charge in [-0.1, -0.05) is 0 Å². The topological polar surface area (TPSA) is 38.1 Å². The minimum Gasteiger partial charge on any atom is -0.340 e. The lowest BCUT2D eigenvalue weighted by Crippen LogP contribution is -2.42. The van der Waals surface area contributed by atoms with E-state index in [1.54, 1.807) is 6.92 Å². The molecule has 0 saturated carbocycles. The Morgan fingerprint density at radius 1 is 1.43 bits per heavy atom. The number of aromatic nitrogens is 2. The molecule has 1 atom stereocenters. The molecule has 1 amide bonds. The molecule has 0 bridgehead atoms. The second-order valence-corrected chi connectivity index (χ2v) is 5.57. The van der Waals surface area contributed by atoms with Crippen molar-refractivity contribution in [3.8, 4) is 0 Å². The molecular weight excluding hydrogens is 283 g/mol. The lowest BCUT2D eigenvalue weighted by molar-refractivity contribution is -0.141. The summed E-state index contributed by atoms with van der Waals surface area (Å²) in [5.74, 6) is -0.00865. The van der Waals surface area contributed by atoms with Crippen molar-refractivity contribution in [1.82, 2.24) is 14.7 Å². The van der Waals surface area contributed by atoms with E-state index in [1.807, 2.05) is 11.8 Å². The molecule has 1 aliphatic rings. The summed E-state index contributed by atoms with van der Waals surface area (Å²) in [6, 6.07) is 1.23. The van der Waals surface area contributed by atoms with Gasteiger partial charge in [-0.3, -0.25) is 9.48 Å². The predicted molar refractivity (Wildman–Crippen MR) is 71.6 cm³/mol. The average molecular weight is 303 g/mol. The van der Waals surface area contributed by atoms with Crippen molar-refractivity contribution in [2.45, 2.75) is 58.3 Å². The minimum atomic E-state index is -4.44. The van der Waals surface area contributed by atoms with Crippen LogP contribution in [-0.2, 0) is 17.5 Å². The number of aryl methyl sites for hydroxylation is 2. The molecule has 1 saturated heterocycles. The number of hydrogen-bond donors (Lipinski definition) is 0. The molecule has 1 aliphatic heterocycles. The van der Waals surface area contributed by atoms with Gasteiger partial charge < -0.3 is 4.90 Å². The van der Waals surface area contributed by atoms with E-state index in [0.29, 0.717) is 5.69 Å². The van der Waals surface area contributed by atoms with Crippen LogP contribution in [0.1, 0.15) is 44.0 Å². The van der Waals surface area contributed by atoms with Gasteiger partial charge in [0.15, 0.2) is 5.69 Å².